The fourth-order valence-corrected chi connectivity index (χ4v) is 5.30. The Hall–Kier alpha value is -1.48. The van der Waals surface area contributed by atoms with Crippen molar-refractivity contribution in [3.63, 3.8) is 0 Å². The molecule has 0 aliphatic carbocycles. The molecule has 0 spiro atoms. The summed E-state index contributed by atoms with van der Waals surface area (Å²) < 4.78 is 31.3. The molecule has 0 atom stereocenters. The standard InChI is InChI=1S/C20H31N3O4S/c1-2-14-28(25,26)23-8-6-19(7-9-23)21-20(24)18-5-3-4-17(15-18)16-22-10-12-27-13-11-22/h3-5,15,19H,2,6-14,16H2,1H3,(H,21,24). The molecule has 2 saturated heterocycles. The van der Waals surface area contributed by atoms with Crippen LogP contribution in [0.5, 0.6) is 0 Å². The van der Waals surface area contributed by atoms with Crippen molar-refractivity contribution in [3.05, 3.63) is 35.4 Å². The van der Waals surface area contributed by atoms with E-state index in [0.29, 0.717) is 37.9 Å². The summed E-state index contributed by atoms with van der Waals surface area (Å²) in [6, 6.07) is 7.77. The molecule has 156 valence electrons. The van der Waals surface area contributed by atoms with Crippen LogP contribution in [0, 0.1) is 0 Å². The molecule has 7 nitrogen and oxygen atoms in total. The van der Waals surface area contributed by atoms with Gasteiger partial charge in [0.25, 0.3) is 5.91 Å². The normalized spacial score (nSPS) is 20.2. The van der Waals surface area contributed by atoms with Gasteiger partial charge in [0.05, 0.1) is 19.0 Å². The maximum absolute atomic E-state index is 12.7. The summed E-state index contributed by atoms with van der Waals surface area (Å²) in [6.45, 7) is 6.98. The number of rotatable bonds is 7. The van der Waals surface area contributed by atoms with Crippen LogP contribution in [0.2, 0.25) is 0 Å². The third-order valence-corrected chi connectivity index (χ3v) is 7.42. The molecule has 2 aliphatic rings. The number of morpholine rings is 1. The Bertz CT molecular complexity index is 754. The van der Waals surface area contributed by atoms with E-state index < -0.39 is 10.0 Å². The average molecular weight is 410 g/mol. The van der Waals surface area contributed by atoms with E-state index in [-0.39, 0.29) is 17.7 Å². The van der Waals surface area contributed by atoms with Crippen LogP contribution >= 0.6 is 0 Å². The molecule has 1 N–H and O–H groups in total. The molecule has 1 aromatic carbocycles. The number of benzene rings is 1. The van der Waals surface area contributed by atoms with Gasteiger partial charge in [0.1, 0.15) is 0 Å². The van der Waals surface area contributed by atoms with Crippen LogP contribution < -0.4 is 5.32 Å². The molecule has 3 rings (SSSR count). The summed E-state index contributed by atoms with van der Waals surface area (Å²) in [5.74, 6) is 0.110. The molecule has 0 radical (unpaired) electrons. The molecular formula is C20H31N3O4S. The van der Waals surface area contributed by atoms with E-state index in [0.717, 1.165) is 38.4 Å². The summed E-state index contributed by atoms with van der Waals surface area (Å²) in [7, 11) is -3.15. The third kappa shape index (κ3) is 5.76. The number of nitrogens with one attached hydrogen (secondary N) is 1. The molecular weight excluding hydrogens is 378 g/mol. The highest BCUT2D eigenvalue weighted by Crippen LogP contribution is 2.16. The number of amides is 1. The van der Waals surface area contributed by atoms with Gasteiger partial charge in [-0.25, -0.2) is 12.7 Å². The van der Waals surface area contributed by atoms with Crippen molar-refractivity contribution in [2.45, 2.75) is 38.8 Å². The molecule has 0 saturated carbocycles. The number of ether oxygens (including phenoxy) is 1. The van der Waals surface area contributed by atoms with Crippen LogP contribution in [0.25, 0.3) is 0 Å². The van der Waals surface area contributed by atoms with Gasteiger partial charge < -0.3 is 10.1 Å². The van der Waals surface area contributed by atoms with E-state index in [1.54, 1.807) is 4.31 Å². The van der Waals surface area contributed by atoms with Crippen LogP contribution in [0.1, 0.15) is 42.1 Å². The number of sulfonamides is 1. The molecule has 2 fully saturated rings. The van der Waals surface area contributed by atoms with Gasteiger partial charge in [-0.3, -0.25) is 9.69 Å². The average Bonchev–Trinajstić information content (AvgIpc) is 2.69. The first-order valence-corrected chi connectivity index (χ1v) is 11.8. The summed E-state index contributed by atoms with van der Waals surface area (Å²) in [4.78, 5) is 15.0. The van der Waals surface area contributed by atoms with Crippen molar-refractivity contribution in [1.29, 1.82) is 0 Å². The van der Waals surface area contributed by atoms with Crippen LogP contribution in [0.15, 0.2) is 24.3 Å². The van der Waals surface area contributed by atoms with Crippen molar-refractivity contribution >= 4 is 15.9 Å². The van der Waals surface area contributed by atoms with Crippen molar-refractivity contribution in [1.82, 2.24) is 14.5 Å². The van der Waals surface area contributed by atoms with E-state index >= 15 is 0 Å². The fraction of sp³-hybridized carbons (Fsp3) is 0.650. The van der Waals surface area contributed by atoms with Crippen molar-refractivity contribution < 1.29 is 17.9 Å². The molecule has 28 heavy (non-hydrogen) atoms. The maximum Gasteiger partial charge on any atom is 0.251 e. The smallest absolute Gasteiger partial charge is 0.251 e. The maximum atomic E-state index is 12.7. The minimum Gasteiger partial charge on any atom is -0.379 e. The van der Waals surface area contributed by atoms with E-state index in [4.69, 9.17) is 4.74 Å². The quantitative estimate of drug-likeness (QED) is 0.738. The first-order valence-electron chi connectivity index (χ1n) is 10.2. The molecule has 2 heterocycles. The minimum absolute atomic E-state index is 0.0171. The van der Waals surface area contributed by atoms with Gasteiger partial charge in [-0.1, -0.05) is 19.1 Å². The van der Waals surface area contributed by atoms with Crippen molar-refractivity contribution in [3.8, 4) is 0 Å². The summed E-state index contributed by atoms with van der Waals surface area (Å²) in [5.41, 5.74) is 1.78. The lowest BCUT2D eigenvalue weighted by Crippen LogP contribution is -2.47. The Balaban J connectivity index is 1.52. The lowest BCUT2D eigenvalue weighted by molar-refractivity contribution is 0.0342. The zero-order chi connectivity index (χ0) is 20.0. The van der Waals surface area contributed by atoms with Crippen LogP contribution in [0.4, 0.5) is 0 Å². The van der Waals surface area contributed by atoms with Crippen LogP contribution in [0.3, 0.4) is 0 Å². The number of hydrogen-bond acceptors (Lipinski definition) is 5. The predicted molar refractivity (Wildman–Crippen MR) is 109 cm³/mol. The number of hydrogen-bond donors (Lipinski definition) is 1. The van der Waals surface area contributed by atoms with E-state index in [2.05, 4.69) is 10.2 Å². The van der Waals surface area contributed by atoms with Crippen molar-refractivity contribution in [2.75, 3.05) is 45.1 Å². The summed E-state index contributed by atoms with van der Waals surface area (Å²) in [5, 5.41) is 3.08. The SMILES string of the molecule is CCCS(=O)(=O)N1CCC(NC(=O)c2cccc(CN3CCOCC3)c2)CC1. The second-order valence-electron chi connectivity index (χ2n) is 7.55. The Labute approximate surface area is 168 Å². The highest BCUT2D eigenvalue weighted by Gasteiger charge is 2.28. The van der Waals surface area contributed by atoms with Gasteiger partial charge in [-0.15, -0.1) is 0 Å². The zero-order valence-electron chi connectivity index (χ0n) is 16.6. The highest BCUT2D eigenvalue weighted by molar-refractivity contribution is 7.89. The minimum atomic E-state index is -3.15. The van der Waals surface area contributed by atoms with E-state index in [9.17, 15) is 13.2 Å². The zero-order valence-corrected chi connectivity index (χ0v) is 17.4. The molecule has 1 amide bonds. The van der Waals surface area contributed by atoms with E-state index in [1.807, 2.05) is 31.2 Å². The second kappa shape index (κ2) is 9.82. The fourth-order valence-electron chi connectivity index (χ4n) is 3.76. The monoisotopic (exact) mass is 409 g/mol. The summed E-state index contributed by atoms with van der Waals surface area (Å²) >= 11 is 0. The molecule has 0 aromatic heterocycles. The Morgan fingerprint density at radius 2 is 1.89 bits per heavy atom. The number of nitrogens with zero attached hydrogens (tertiary/aromatic N) is 2. The summed E-state index contributed by atoms with van der Waals surface area (Å²) in [6.07, 6.45) is 1.93. The molecule has 8 heteroatoms. The van der Waals surface area contributed by atoms with Gasteiger partial charge in [0.2, 0.25) is 10.0 Å². The second-order valence-corrected chi connectivity index (χ2v) is 9.64. The molecule has 1 aromatic rings. The third-order valence-electron chi connectivity index (χ3n) is 5.34. The van der Waals surface area contributed by atoms with Gasteiger partial charge in [0.15, 0.2) is 0 Å². The lowest BCUT2D eigenvalue weighted by Gasteiger charge is -2.31. The molecule has 0 bridgehead atoms. The lowest BCUT2D eigenvalue weighted by atomic mass is 10.0. The van der Waals surface area contributed by atoms with Crippen molar-refractivity contribution in [2.24, 2.45) is 0 Å². The Morgan fingerprint density at radius 3 is 2.57 bits per heavy atom. The Morgan fingerprint density at radius 1 is 1.18 bits per heavy atom. The van der Waals surface area contributed by atoms with Gasteiger partial charge in [-0.05, 0) is 37.0 Å². The Kier molecular flexibility index (Phi) is 7.45. The van der Waals surface area contributed by atoms with Gasteiger partial charge in [0, 0.05) is 44.3 Å². The first-order chi connectivity index (χ1) is 13.5. The highest BCUT2D eigenvalue weighted by atomic mass is 32.2. The topological polar surface area (TPSA) is 79.0 Å². The van der Waals surface area contributed by atoms with E-state index in [1.165, 1.54) is 0 Å². The largest absolute Gasteiger partial charge is 0.379 e. The molecule has 0 unspecified atom stereocenters. The number of piperidine rings is 1. The molecule has 2 aliphatic heterocycles. The predicted octanol–water partition coefficient (Wildman–Crippen LogP) is 1.45. The first kappa shape index (κ1) is 21.2. The van der Waals surface area contributed by atoms with Crippen LogP contribution in [-0.4, -0.2) is 74.7 Å². The van der Waals surface area contributed by atoms with Gasteiger partial charge >= 0.3 is 0 Å². The van der Waals surface area contributed by atoms with Crippen LogP contribution in [-0.2, 0) is 21.3 Å². The number of carbonyl (C=O) groups excluding carboxylic acids is 1. The number of carbonyl (C=O) groups is 1. The van der Waals surface area contributed by atoms with Gasteiger partial charge in [-0.2, -0.15) is 0 Å².